The number of pyridine rings is 1. The van der Waals surface area contributed by atoms with Crippen molar-refractivity contribution in [3.8, 4) is 17.1 Å². The van der Waals surface area contributed by atoms with E-state index >= 15 is 0 Å². The van der Waals surface area contributed by atoms with Gasteiger partial charge in [-0.05, 0) is 101 Å². The minimum absolute atomic E-state index is 0.621. The van der Waals surface area contributed by atoms with E-state index in [4.69, 9.17) is 9.72 Å². The number of aromatic nitrogens is 5. The Morgan fingerprint density at radius 1 is 0.921 bits per heavy atom. The fourth-order valence-electron chi connectivity index (χ4n) is 7.92. The molecule has 3 saturated heterocycles. The minimum atomic E-state index is 0.621. The predicted molar refractivity (Wildman–Crippen MR) is 148 cm³/mol. The number of fused-ring (bicyclic) bond motifs is 4. The quantitative estimate of drug-likeness (QED) is 0.410. The van der Waals surface area contributed by atoms with E-state index in [1.54, 1.807) is 18.0 Å². The SMILES string of the molecule is COc1cc(-c2nc3c(C)cc(C4CCN(C5CC6CCC(C5)N6C5CC5)CC4)cc3[nH]2)cn2ncnc12. The van der Waals surface area contributed by atoms with Crippen molar-refractivity contribution in [3.63, 3.8) is 0 Å². The highest BCUT2D eigenvalue weighted by atomic mass is 16.5. The van der Waals surface area contributed by atoms with Crippen molar-refractivity contribution in [3.05, 3.63) is 41.9 Å². The van der Waals surface area contributed by atoms with Crippen LogP contribution in [-0.4, -0.2) is 78.7 Å². The number of aromatic amines is 1. The maximum atomic E-state index is 5.56. The second-order valence-electron chi connectivity index (χ2n) is 12.1. The maximum Gasteiger partial charge on any atom is 0.197 e. The van der Waals surface area contributed by atoms with E-state index in [0.29, 0.717) is 17.3 Å². The Balaban J connectivity index is 0.999. The summed E-state index contributed by atoms with van der Waals surface area (Å²) in [5.74, 6) is 2.14. The molecule has 2 bridgehead atoms. The molecule has 1 aromatic carbocycles. The lowest BCUT2D eigenvalue weighted by Crippen LogP contribution is -2.52. The number of likely N-dealkylation sites (tertiary alicyclic amines) is 1. The summed E-state index contributed by atoms with van der Waals surface area (Å²) < 4.78 is 7.30. The maximum absolute atomic E-state index is 5.56. The zero-order valence-electron chi connectivity index (χ0n) is 22.4. The fraction of sp³-hybridized carbons (Fsp3) is 0.567. The molecule has 0 spiro atoms. The smallest absolute Gasteiger partial charge is 0.197 e. The second-order valence-corrected chi connectivity index (χ2v) is 12.1. The molecule has 1 saturated carbocycles. The zero-order valence-corrected chi connectivity index (χ0v) is 22.4. The van der Waals surface area contributed by atoms with Crippen LogP contribution in [0.3, 0.4) is 0 Å². The van der Waals surface area contributed by atoms with Crippen LogP contribution >= 0.6 is 0 Å². The Kier molecular flexibility index (Phi) is 5.31. The molecule has 0 radical (unpaired) electrons. The van der Waals surface area contributed by atoms with E-state index < -0.39 is 0 Å². The number of hydrogen-bond acceptors (Lipinski definition) is 6. The van der Waals surface area contributed by atoms with Gasteiger partial charge in [-0.1, -0.05) is 6.07 Å². The van der Waals surface area contributed by atoms with Crippen molar-refractivity contribution < 1.29 is 4.74 Å². The number of ether oxygens (including phenoxy) is 1. The van der Waals surface area contributed by atoms with E-state index in [1.165, 1.54) is 75.6 Å². The number of imidazole rings is 1. The normalized spacial score (nSPS) is 27.1. The molecule has 4 aliphatic rings. The Morgan fingerprint density at radius 2 is 1.68 bits per heavy atom. The largest absolute Gasteiger partial charge is 0.493 e. The lowest BCUT2D eigenvalue weighted by Gasteiger charge is -2.45. The Hall–Kier alpha value is -2.97. The van der Waals surface area contributed by atoms with Crippen LogP contribution in [-0.2, 0) is 0 Å². The van der Waals surface area contributed by atoms with Gasteiger partial charge in [0.2, 0.25) is 0 Å². The number of aryl methyl sites for hydroxylation is 1. The van der Waals surface area contributed by atoms with Crippen molar-refractivity contribution >= 4 is 16.7 Å². The number of methoxy groups -OCH3 is 1. The van der Waals surface area contributed by atoms with Gasteiger partial charge in [0.15, 0.2) is 11.4 Å². The fourth-order valence-corrected chi connectivity index (χ4v) is 7.92. The number of nitrogens with zero attached hydrogens (tertiary/aromatic N) is 6. The molecular formula is C30H37N7O. The molecule has 8 nitrogen and oxygen atoms in total. The molecule has 0 amide bonds. The molecule has 2 unspecified atom stereocenters. The Morgan fingerprint density at radius 3 is 2.42 bits per heavy atom. The second kappa shape index (κ2) is 8.78. The number of H-pyrrole nitrogens is 1. The molecular weight excluding hydrogens is 474 g/mol. The molecule has 1 N–H and O–H groups in total. The standard InChI is InChI=1S/C30H37N7O/c1-18-11-20(12-26-28(18)34-29(33-26)21-13-27(38-2)30-31-17-32-36(30)16-21)19-7-9-35(10-8-19)25-14-23-5-6-24(15-25)37(23)22-3-4-22/h11-13,16-17,19,22-25H,3-10,14-15H2,1-2H3,(H,33,34). The highest BCUT2D eigenvalue weighted by molar-refractivity contribution is 5.83. The Labute approximate surface area is 223 Å². The van der Waals surface area contributed by atoms with Crippen molar-refractivity contribution in [1.29, 1.82) is 0 Å². The summed E-state index contributed by atoms with van der Waals surface area (Å²) in [4.78, 5) is 18.6. The first kappa shape index (κ1) is 23.0. The van der Waals surface area contributed by atoms with Gasteiger partial charge in [0, 0.05) is 35.9 Å². The van der Waals surface area contributed by atoms with Gasteiger partial charge in [0.25, 0.3) is 0 Å². The number of benzene rings is 1. The molecule has 8 heteroatoms. The van der Waals surface area contributed by atoms with Crippen LogP contribution in [0.25, 0.3) is 28.1 Å². The van der Waals surface area contributed by atoms with Gasteiger partial charge in [-0.25, -0.2) is 14.5 Å². The molecule has 3 aliphatic heterocycles. The first-order valence-electron chi connectivity index (χ1n) is 14.5. The van der Waals surface area contributed by atoms with Crippen molar-refractivity contribution in [2.45, 2.75) is 88.4 Å². The monoisotopic (exact) mass is 511 g/mol. The van der Waals surface area contributed by atoms with Crippen molar-refractivity contribution in [1.82, 2.24) is 34.4 Å². The van der Waals surface area contributed by atoms with Gasteiger partial charge >= 0.3 is 0 Å². The number of hydrogen-bond donors (Lipinski definition) is 1. The Bertz CT molecular complexity index is 1480. The van der Waals surface area contributed by atoms with Gasteiger partial charge in [-0.3, -0.25) is 4.90 Å². The summed E-state index contributed by atoms with van der Waals surface area (Å²) in [6, 6.07) is 10.2. The van der Waals surface area contributed by atoms with Gasteiger partial charge in [0.1, 0.15) is 12.2 Å². The van der Waals surface area contributed by atoms with Crippen LogP contribution in [0.15, 0.2) is 30.7 Å². The van der Waals surface area contributed by atoms with E-state index in [9.17, 15) is 0 Å². The molecule has 198 valence electrons. The number of piperidine rings is 2. The summed E-state index contributed by atoms with van der Waals surface area (Å²) in [6.07, 6.45) is 14.6. The van der Waals surface area contributed by atoms with Gasteiger partial charge in [-0.2, -0.15) is 5.10 Å². The van der Waals surface area contributed by atoms with E-state index in [1.807, 2.05) is 12.3 Å². The zero-order chi connectivity index (χ0) is 25.4. The van der Waals surface area contributed by atoms with Crippen LogP contribution in [0.4, 0.5) is 0 Å². The third-order valence-electron chi connectivity index (χ3n) is 9.88. The van der Waals surface area contributed by atoms with E-state index in [0.717, 1.165) is 46.6 Å². The summed E-state index contributed by atoms with van der Waals surface area (Å²) >= 11 is 0. The molecule has 8 rings (SSSR count). The molecule has 3 aromatic heterocycles. The third-order valence-corrected chi connectivity index (χ3v) is 9.88. The molecule has 6 heterocycles. The molecule has 1 aliphatic carbocycles. The highest BCUT2D eigenvalue weighted by Gasteiger charge is 2.48. The van der Waals surface area contributed by atoms with Crippen molar-refractivity contribution in [2.24, 2.45) is 0 Å². The summed E-state index contributed by atoms with van der Waals surface area (Å²) in [6.45, 7) is 4.67. The predicted octanol–water partition coefficient (Wildman–Crippen LogP) is 4.93. The van der Waals surface area contributed by atoms with E-state index in [-0.39, 0.29) is 0 Å². The van der Waals surface area contributed by atoms with Crippen LogP contribution in [0, 0.1) is 6.92 Å². The average molecular weight is 512 g/mol. The lowest BCUT2D eigenvalue weighted by atomic mass is 9.86. The summed E-state index contributed by atoms with van der Waals surface area (Å²) in [5.41, 5.74) is 6.49. The van der Waals surface area contributed by atoms with E-state index in [2.05, 4.69) is 43.9 Å². The van der Waals surface area contributed by atoms with Crippen molar-refractivity contribution in [2.75, 3.05) is 20.2 Å². The molecule has 4 aromatic rings. The van der Waals surface area contributed by atoms with Crippen LogP contribution in [0.5, 0.6) is 5.75 Å². The molecule has 2 atom stereocenters. The average Bonchev–Trinajstić information content (AvgIpc) is 3.38. The first-order chi connectivity index (χ1) is 18.6. The minimum Gasteiger partial charge on any atom is -0.493 e. The topological polar surface area (TPSA) is 74.6 Å². The van der Waals surface area contributed by atoms with Gasteiger partial charge in [0.05, 0.1) is 18.1 Å². The third kappa shape index (κ3) is 3.75. The summed E-state index contributed by atoms with van der Waals surface area (Å²) in [7, 11) is 1.66. The molecule has 4 fully saturated rings. The van der Waals surface area contributed by atoms with Crippen LogP contribution < -0.4 is 4.74 Å². The first-order valence-corrected chi connectivity index (χ1v) is 14.5. The van der Waals surface area contributed by atoms with Crippen LogP contribution in [0.2, 0.25) is 0 Å². The van der Waals surface area contributed by atoms with Crippen LogP contribution in [0.1, 0.15) is 68.4 Å². The molecule has 38 heavy (non-hydrogen) atoms. The highest BCUT2D eigenvalue weighted by Crippen LogP contribution is 2.45. The summed E-state index contributed by atoms with van der Waals surface area (Å²) in [5, 5.41) is 4.30. The number of rotatable bonds is 5. The van der Waals surface area contributed by atoms with Gasteiger partial charge in [-0.15, -0.1) is 0 Å². The number of nitrogens with one attached hydrogen (secondary N) is 1. The lowest BCUT2D eigenvalue weighted by molar-refractivity contribution is 0.0418. The van der Waals surface area contributed by atoms with Gasteiger partial charge < -0.3 is 14.6 Å².